The fourth-order valence-corrected chi connectivity index (χ4v) is 3.80. The van der Waals surface area contributed by atoms with E-state index in [4.69, 9.17) is 9.47 Å². The highest BCUT2D eigenvalue weighted by Crippen LogP contribution is 2.18. The molecule has 0 bridgehead atoms. The molecule has 232 valence electrons. The summed E-state index contributed by atoms with van der Waals surface area (Å²) in [4.78, 5) is 24.0. The first-order chi connectivity index (χ1) is 18.4. The highest BCUT2D eigenvalue weighted by molar-refractivity contribution is 5.79. The van der Waals surface area contributed by atoms with Crippen LogP contribution in [0.25, 0.3) is 0 Å². The summed E-state index contributed by atoms with van der Waals surface area (Å²) in [7, 11) is 0. The molecule has 0 fully saturated rings. The van der Waals surface area contributed by atoms with Crippen LogP contribution in [0, 0.1) is 5.92 Å². The van der Waals surface area contributed by atoms with E-state index in [1.807, 2.05) is 0 Å². The normalized spacial score (nSPS) is 12.9. The van der Waals surface area contributed by atoms with Gasteiger partial charge in [-0.1, -0.05) is 84.0 Å². The number of carbonyl (C=O) groups excluding carboxylic acids is 2. The summed E-state index contributed by atoms with van der Waals surface area (Å²) in [6.07, 6.45) is 3.72. The van der Waals surface area contributed by atoms with E-state index in [0.29, 0.717) is 25.7 Å². The number of ether oxygens (including phenoxy) is 4. The van der Waals surface area contributed by atoms with E-state index in [1.54, 1.807) is 6.92 Å². The molecule has 0 aromatic rings. The lowest BCUT2D eigenvalue weighted by atomic mass is 10.1. The molecule has 0 saturated heterocycles. The second-order valence-corrected chi connectivity index (χ2v) is 9.74. The summed E-state index contributed by atoms with van der Waals surface area (Å²) in [5.41, 5.74) is 0. The second-order valence-electron chi connectivity index (χ2n) is 9.74. The van der Waals surface area contributed by atoms with Crippen molar-refractivity contribution in [1.82, 2.24) is 0 Å². The van der Waals surface area contributed by atoms with Crippen molar-refractivity contribution in [2.45, 2.75) is 129 Å². The maximum absolute atomic E-state index is 12.0. The maximum atomic E-state index is 12.0. The van der Waals surface area contributed by atoms with Crippen LogP contribution >= 0.6 is 0 Å². The Bertz CT molecular complexity index is 613. The van der Waals surface area contributed by atoms with Crippen molar-refractivity contribution in [3.8, 4) is 0 Å². The van der Waals surface area contributed by atoms with Crippen LogP contribution in [-0.2, 0) is 28.5 Å². The van der Waals surface area contributed by atoms with E-state index < -0.39 is 30.6 Å². The minimum absolute atomic E-state index is 0.0368. The standard InChI is InChI=1S/C27H46F6O6/c1-23(25(35)37-19-15-11-7-3-5-9-13-17-21-39-27(31,32)33)22-24(34)36-18-14-10-6-2-4-8-12-16-20-38-26(28,29)30/h23H,2-22H2,1H3. The Morgan fingerprint density at radius 2 is 0.821 bits per heavy atom. The molecule has 0 aliphatic rings. The predicted octanol–water partition coefficient (Wildman–Crippen LogP) is 8.41. The molecule has 0 aliphatic heterocycles. The van der Waals surface area contributed by atoms with Crippen LogP contribution in [0.3, 0.4) is 0 Å². The van der Waals surface area contributed by atoms with Crippen LogP contribution in [0.1, 0.15) is 116 Å². The smallest absolute Gasteiger partial charge is 0.466 e. The Morgan fingerprint density at radius 3 is 1.18 bits per heavy atom. The van der Waals surface area contributed by atoms with Gasteiger partial charge in [0.15, 0.2) is 0 Å². The van der Waals surface area contributed by atoms with Gasteiger partial charge in [-0.2, -0.15) is 0 Å². The molecule has 0 aromatic heterocycles. The van der Waals surface area contributed by atoms with Crippen LogP contribution in [0.2, 0.25) is 0 Å². The van der Waals surface area contributed by atoms with E-state index in [0.717, 1.165) is 77.0 Å². The van der Waals surface area contributed by atoms with Crippen LogP contribution in [0.4, 0.5) is 26.3 Å². The number of rotatable bonds is 25. The molecular formula is C27H46F6O6. The first-order valence-electron chi connectivity index (χ1n) is 14.1. The summed E-state index contributed by atoms with van der Waals surface area (Å²) in [5.74, 6) is -1.45. The van der Waals surface area contributed by atoms with Crippen molar-refractivity contribution in [3.63, 3.8) is 0 Å². The number of carbonyl (C=O) groups is 2. The van der Waals surface area contributed by atoms with Gasteiger partial charge in [0.1, 0.15) is 0 Å². The fraction of sp³-hybridized carbons (Fsp3) is 0.926. The van der Waals surface area contributed by atoms with Gasteiger partial charge in [0.2, 0.25) is 0 Å². The number of halogens is 6. The third-order valence-electron chi connectivity index (χ3n) is 5.99. The van der Waals surface area contributed by atoms with E-state index in [2.05, 4.69) is 9.47 Å². The number of alkyl halides is 6. The molecule has 0 aliphatic carbocycles. The third-order valence-corrected chi connectivity index (χ3v) is 5.99. The molecule has 12 heteroatoms. The molecule has 0 radical (unpaired) electrons. The molecule has 0 saturated carbocycles. The maximum Gasteiger partial charge on any atom is 0.522 e. The van der Waals surface area contributed by atoms with Crippen LogP contribution in [0.5, 0.6) is 0 Å². The molecule has 0 rings (SSSR count). The molecule has 0 spiro atoms. The van der Waals surface area contributed by atoms with Gasteiger partial charge in [-0.3, -0.25) is 19.1 Å². The van der Waals surface area contributed by atoms with Gasteiger partial charge in [-0.25, -0.2) is 0 Å². The topological polar surface area (TPSA) is 71.1 Å². The Balaban J connectivity index is 3.48. The van der Waals surface area contributed by atoms with Crippen molar-refractivity contribution in [2.24, 2.45) is 5.92 Å². The van der Waals surface area contributed by atoms with E-state index in [9.17, 15) is 35.9 Å². The van der Waals surface area contributed by atoms with Gasteiger partial charge < -0.3 is 9.47 Å². The van der Waals surface area contributed by atoms with Crippen molar-refractivity contribution in [2.75, 3.05) is 26.4 Å². The van der Waals surface area contributed by atoms with Gasteiger partial charge in [0.05, 0.1) is 38.8 Å². The van der Waals surface area contributed by atoms with E-state index >= 15 is 0 Å². The molecule has 39 heavy (non-hydrogen) atoms. The Kier molecular flexibility index (Phi) is 22.2. The van der Waals surface area contributed by atoms with Gasteiger partial charge in [-0.15, -0.1) is 26.3 Å². The lowest BCUT2D eigenvalue weighted by Gasteiger charge is -2.11. The Hall–Kier alpha value is -1.56. The fourth-order valence-electron chi connectivity index (χ4n) is 3.80. The molecule has 1 unspecified atom stereocenters. The predicted molar refractivity (Wildman–Crippen MR) is 134 cm³/mol. The molecule has 0 N–H and O–H groups in total. The molecule has 0 heterocycles. The van der Waals surface area contributed by atoms with Crippen LogP contribution in [-0.4, -0.2) is 51.1 Å². The summed E-state index contributed by atoms with van der Waals surface area (Å²) in [6.45, 7) is 1.60. The average molecular weight is 581 g/mol. The van der Waals surface area contributed by atoms with Crippen LogP contribution in [0.15, 0.2) is 0 Å². The average Bonchev–Trinajstić information content (AvgIpc) is 2.83. The lowest BCUT2D eigenvalue weighted by molar-refractivity contribution is -0.325. The second kappa shape index (κ2) is 23.2. The molecule has 6 nitrogen and oxygen atoms in total. The number of unbranched alkanes of at least 4 members (excludes halogenated alkanes) is 14. The highest BCUT2D eigenvalue weighted by atomic mass is 19.4. The third kappa shape index (κ3) is 29.3. The zero-order valence-electron chi connectivity index (χ0n) is 23.1. The highest BCUT2D eigenvalue weighted by Gasteiger charge is 2.29. The minimum atomic E-state index is -4.55. The monoisotopic (exact) mass is 580 g/mol. The van der Waals surface area contributed by atoms with Crippen LogP contribution < -0.4 is 0 Å². The SMILES string of the molecule is CC(CC(=O)OCCCCCCCCCCOC(F)(F)F)C(=O)OCCCCCCCCCCOC(F)(F)F. The molecule has 0 amide bonds. The summed E-state index contributed by atoms with van der Waals surface area (Å²) in [5, 5.41) is 0. The first kappa shape index (κ1) is 37.4. The van der Waals surface area contributed by atoms with Gasteiger partial charge in [-0.05, 0) is 25.7 Å². The summed E-state index contributed by atoms with van der Waals surface area (Å²) >= 11 is 0. The molecular weight excluding hydrogens is 534 g/mol. The summed E-state index contributed by atoms with van der Waals surface area (Å²) < 4.78 is 88.8. The summed E-state index contributed by atoms with van der Waals surface area (Å²) in [6, 6.07) is 0. The van der Waals surface area contributed by atoms with E-state index in [1.165, 1.54) is 0 Å². The zero-order chi connectivity index (χ0) is 29.4. The van der Waals surface area contributed by atoms with Gasteiger partial charge in [0, 0.05) is 0 Å². The quantitative estimate of drug-likeness (QED) is 0.0613. The Morgan fingerprint density at radius 1 is 0.513 bits per heavy atom. The van der Waals surface area contributed by atoms with Crippen molar-refractivity contribution in [3.05, 3.63) is 0 Å². The molecule has 0 aromatic carbocycles. The number of hydrogen-bond acceptors (Lipinski definition) is 6. The largest absolute Gasteiger partial charge is 0.522 e. The van der Waals surface area contributed by atoms with Crippen molar-refractivity contribution in [1.29, 1.82) is 0 Å². The Labute approximate surface area is 228 Å². The first-order valence-corrected chi connectivity index (χ1v) is 14.1. The van der Waals surface area contributed by atoms with Gasteiger partial charge in [0.25, 0.3) is 0 Å². The lowest BCUT2D eigenvalue weighted by Crippen LogP contribution is -2.20. The van der Waals surface area contributed by atoms with E-state index in [-0.39, 0.29) is 32.8 Å². The minimum Gasteiger partial charge on any atom is -0.466 e. The van der Waals surface area contributed by atoms with Crippen molar-refractivity contribution >= 4 is 11.9 Å². The van der Waals surface area contributed by atoms with Crippen molar-refractivity contribution < 1.29 is 54.9 Å². The zero-order valence-corrected chi connectivity index (χ0v) is 23.1. The number of esters is 2. The number of hydrogen-bond donors (Lipinski definition) is 0. The molecule has 1 atom stereocenters. The van der Waals surface area contributed by atoms with Gasteiger partial charge >= 0.3 is 24.7 Å².